The van der Waals surface area contributed by atoms with E-state index < -0.39 is 0 Å². The lowest BCUT2D eigenvalue weighted by molar-refractivity contribution is 0.414. The highest BCUT2D eigenvalue weighted by atomic mass is 16.5. The maximum Gasteiger partial charge on any atom is 0.278 e. The fourth-order valence-electron chi connectivity index (χ4n) is 3.22. The van der Waals surface area contributed by atoms with Crippen LogP contribution in [0.4, 0.5) is 0 Å². The van der Waals surface area contributed by atoms with Crippen molar-refractivity contribution in [2.75, 3.05) is 26.2 Å². The Labute approximate surface area is 161 Å². The average molecular weight is 376 g/mol. The normalized spacial score (nSPS) is 11.1. The summed E-state index contributed by atoms with van der Waals surface area (Å²) >= 11 is 0. The summed E-state index contributed by atoms with van der Waals surface area (Å²) in [6, 6.07) is 12.8. The van der Waals surface area contributed by atoms with E-state index in [-0.39, 0.29) is 11.1 Å². The molecule has 7 nitrogen and oxygen atoms in total. The molecular weight excluding hydrogens is 356 g/mol. The molecule has 0 radical (unpaired) electrons. The van der Waals surface area contributed by atoms with Crippen molar-refractivity contribution in [3.8, 4) is 5.75 Å². The summed E-state index contributed by atoms with van der Waals surface area (Å²) < 4.78 is 8.26. The molecule has 0 spiro atoms. The van der Waals surface area contributed by atoms with Crippen molar-refractivity contribution in [1.82, 2.24) is 14.2 Å². The summed E-state index contributed by atoms with van der Waals surface area (Å²) in [4.78, 5) is 30.2. The lowest BCUT2D eigenvalue weighted by Crippen LogP contribution is -2.35. The van der Waals surface area contributed by atoms with E-state index in [2.05, 4.69) is 4.98 Å². The van der Waals surface area contributed by atoms with Crippen molar-refractivity contribution in [2.24, 2.45) is 0 Å². The maximum absolute atomic E-state index is 13.0. The third kappa shape index (κ3) is 3.00. The van der Waals surface area contributed by atoms with Gasteiger partial charge in [-0.05, 0) is 35.9 Å². The van der Waals surface area contributed by atoms with Gasteiger partial charge in [0, 0.05) is 26.5 Å². The first-order valence-electron chi connectivity index (χ1n) is 8.84. The number of aromatic nitrogens is 3. The summed E-state index contributed by atoms with van der Waals surface area (Å²) in [5.74, 6) is 0.766. The van der Waals surface area contributed by atoms with Gasteiger partial charge in [0.1, 0.15) is 5.75 Å². The van der Waals surface area contributed by atoms with Gasteiger partial charge in [0.2, 0.25) is 0 Å². The smallest absolute Gasteiger partial charge is 0.278 e. The van der Waals surface area contributed by atoms with Gasteiger partial charge in [0.05, 0.1) is 35.5 Å². The van der Waals surface area contributed by atoms with Crippen molar-refractivity contribution in [1.29, 1.82) is 0 Å². The molecule has 7 heteroatoms. The van der Waals surface area contributed by atoms with Gasteiger partial charge in [-0.3, -0.25) is 9.59 Å². The Morgan fingerprint density at radius 2 is 1.57 bits per heavy atom. The van der Waals surface area contributed by atoms with Crippen LogP contribution >= 0.6 is 0 Å². The number of ether oxygens (including phenoxy) is 1. The Morgan fingerprint density at radius 3 is 2.21 bits per heavy atom. The van der Waals surface area contributed by atoms with Gasteiger partial charge in [-0.25, -0.2) is 9.66 Å². The zero-order valence-corrected chi connectivity index (χ0v) is 15.9. The van der Waals surface area contributed by atoms with Crippen LogP contribution in [0.3, 0.4) is 0 Å². The molecule has 0 fully saturated rings. The van der Waals surface area contributed by atoms with E-state index in [0.29, 0.717) is 28.4 Å². The maximum atomic E-state index is 13.0. The molecule has 0 N–H and O–H groups in total. The highest BCUT2D eigenvalue weighted by Gasteiger charge is 2.11. The van der Waals surface area contributed by atoms with Crippen molar-refractivity contribution in [2.45, 2.75) is 6.54 Å². The lowest BCUT2D eigenvalue weighted by Gasteiger charge is -2.16. The number of nitrogens with zero attached hydrogens (tertiary/aromatic N) is 4. The third-order valence-electron chi connectivity index (χ3n) is 4.74. The van der Waals surface area contributed by atoms with E-state index >= 15 is 0 Å². The van der Waals surface area contributed by atoms with Crippen molar-refractivity contribution < 1.29 is 4.74 Å². The van der Waals surface area contributed by atoms with Crippen LogP contribution in [0.5, 0.6) is 5.75 Å². The van der Waals surface area contributed by atoms with E-state index in [4.69, 9.17) is 4.74 Å². The fourth-order valence-corrected chi connectivity index (χ4v) is 3.22. The molecule has 0 saturated heterocycles. The second-order valence-corrected chi connectivity index (χ2v) is 6.76. The standard InChI is InChI=1S/C21H20N4O3/c1-23(2)25-11-9-19-17(21(25)27)12-16-18(22-19)8-10-24(20(16)26)13-14-4-6-15(28-3)7-5-14/h4-12H,13H2,1-3H3. The van der Waals surface area contributed by atoms with E-state index in [9.17, 15) is 9.59 Å². The van der Waals surface area contributed by atoms with Crippen LogP contribution < -0.4 is 20.9 Å². The Morgan fingerprint density at radius 1 is 0.929 bits per heavy atom. The lowest BCUT2D eigenvalue weighted by atomic mass is 10.1. The van der Waals surface area contributed by atoms with E-state index in [1.807, 2.05) is 24.3 Å². The molecule has 0 amide bonds. The first kappa shape index (κ1) is 17.8. The highest BCUT2D eigenvalue weighted by molar-refractivity contribution is 5.91. The quantitative estimate of drug-likeness (QED) is 0.510. The van der Waals surface area contributed by atoms with E-state index in [1.54, 1.807) is 61.4 Å². The fraction of sp³-hybridized carbons (Fsp3) is 0.190. The molecule has 0 aliphatic carbocycles. The number of methoxy groups -OCH3 is 1. The molecule has 4 rings (SSSR count). The average Bonchev–Trinajstić information content (AvgIpc) is 2.70. The largest absolute Gasteiger partial charge is 0.497 e. The van der Waals surface area contributed by atoms with Crippen LogP contribution in [0, 0.1) is 0 Å². The second-order valence-electron chi connectivity index (χ2n) is 6.76. The van der Waals surface area contributed by atoms with Gasteiger partial charge in [-0.2, -0.15) is 0 Å². The second kappa shape index (κ2) is 6.84. The molecule has 4 aromatic rings. The molecule has 142 valence electrons. The number of hydrogen-bond acceptors (Lipinski definition) is 5. The molecule has 0 aliphatic rings. The van der Waals surface area contributed by atoms with Crippen molar-refractivity contribution in [3.05, 3.63) is 81.1 Å². The van der Waals surface area contributed by atoms with Crippen LogP contribution in [-0.4, -0.2) is 35.4 Å². The van der Waals surface area contributed by atoms with Crippen LogP contribution in [0.2, 0.25) is 0 Å². The Balaban J connectivity index is 1.84. The van der Waals surface area contributed by atoms with Gasteiger partial charge in [0.15, 0.2) is 0 Å². The molecule has 3 heterocycles. The highest BCUT2D eigenvalue weighted by Crippen LogP contribution is 2.16. The van der Waals surface area contributed by atoms with E-state index in [0.717, 1.165) is 11.3 Å². The number of hydrogen-bond donors (Lipinski definition) is 0. The molecule has 1 aromatic carbocycles. The molecule has 28 heavy (non-hydrogen) atoms. The molecule has 3 aromatic heterocycles. The first-order valence-corrected chi connectivity index (χ1v) is 8.84. The van der Waals surface area contributed by atoms with Crippen molar-refractivity contribution in [3.63, 3.8) is 0 Å². The summed E-state index contributed by atoms with van der Waals surface area (Å²) in [7, 11) is 5.18. The SMILES string of the molecule is COc1ccc(Cn2ccc3nc4ccn(N(C)C)c(=O)c4cc3c2=O)cc1. The molecule has 0 atom stereocenters. The topological polar surface area (TPSA) is 69.4 Å². The molecule has 0 unspecified atom stereocenters. The number of rotatable bonds is 4. The monoisotopic (exact) mass is 376 g/mol. The van der Waals surface area contributed by atoms with Crippen LogP contribution in [0.25, 0.3) is 21.8 Å². The minimum absolute atomic E-state index is 0.178. The molecule has 0 aliphatic heterocycles. The zero-order chi connectivity index (χ0) is 19.8. The number of benzene rings is 1. The van der Waals surface area contributed by atoms with Gasteiger partial charge in [-0.1, -0.05) is 12.1 Å². The van der Waals surface area contributed by atoms with Gasteiger partial charge >= 0.3 is 0 Å². The third-order valence-corrected chi connectivity index (χ3v) is 4.74. The van der Waals surface area contributed by atoms with Gasteiger partial charge < -0.3 is 14.3 Å². The van der Waals surface area contributed by atoms with Crippen LogP contribution in [0.15, 0.2) is 64.4 Å². The van der Waals surface area contributed by atoms with E-state index in [1.165, 1.54) is 4.68 Å². The Kier molecular flexibility index (Phi) is 4.35. The van der Waals surface area contributed by atoms with Gasteiger partial charge in [-0.15, -0.1) is 0 Å². The summed E-state index contributed by atoms with van der Waals surface area (Å²) in [5.41, 5.74) is 1.74. The minimum Gasteiger partial charge on any atom is -0.497 e. The minimum atomic E-state index is -0.207. The molecular formula is C21H20N4O3. The Bertz CT molecular complexity index is 1290. The molecule has 0 saturated carbocycles. The predicted molar refractivity (Wildman–Crippen MR) is 110 cm³/mol. The summed E-state index contributed by atoms with van der Waals surface area (Å²) in [5, 5.41) is 2.53. The van der Waals surface area contributed by atoms with Crippen LogP contribution in [-0.2, 0) is 6.54 Å². The van der Waals surface area contributed by atoms with Gasteiger partial charge in [0.25, 0.3) is 11.1 Å². The summed E-state index contributed by atoms with van der Waals surface area (Å²) in [6.45, 7) is 0.424. The van der Waals surface area contributed by atoms with Crippen LogP contribution in [0.1, 0.15) is 5.56 Å². The predicted octanol–water partition coefficient (Wildman–Crippen LogP) is 1.97. The number of pyridine rings is 3. The molecule has 0 bridgehead atoms. The number of fused-ring (bicyclic) bond motifs is 2. The first-order chi connectivity index (χ1) is 13.5. The van der Waals surface area contributed by atoms with Crippen molar-refractivity contribution >= 4 is 21.8 Å². The summed E-state index contributed by atoms with van der Waals surface area (Å²) in [6.07, 6.45) is 3.41. The Hall–Kier alpha value is -3.61. The zero-order valence-electron chi connectivity index (χ0n) is 15.9.